The quantitative estimate of drug-likeness (QED) is 0.131. The summed E-state index contributed by atoms with van der Waals surface area (Å²) in [4.78, 5) is 9.28. The number of benzene rings is 6. The number of halogens is 3. The molecule has 0 aliphatic rings. The Hall–Kier alpha value is -5.53. The molecule has 0 aliphatic carbocycles. The normalized spacial score (nSPS) is 10.3. The van der Waals surface area contributed by atoms with Crippen LogP contribution in [-0.2, 0) is 0 Å². The van der Waals surface area contributed by atoms with E-state index in [0.29, 0.717) is 15.6 Å². The van der Waals surface area contributed by atoms with Crippen LogP contribution in [0.25, 0.3) is 56.0 Å². The van der Waals surface area contributed by atoms with Gasteiger partial charge in [0.2, 0.25) is 0 Å². The van der Waals surface area contributed by atoms with Crippen molar-refractivity contribution in [3.8, 4) is 56.0 Å². The fourth-order valence-electron chi connectivity index (χ4n) is 5.54. The standard InChI is InChI=1S/C23H16ClN.C17H12ClN.C6H6BClO2/c24-21-13-11-19(12-14-21)23-16-20(17-7-3-1-4-8-17)15-22(25-23)18-9-5-2-6-10-18;18-17-12-15(13-7-3-1-4-8-13)11-16(19-17)14-9-5-2-6-10-14;8-6-3-1-5(2-4-6)7(9)10/h1-16H;1-12H;1-4,9-10H. The first-order chi connectivity index (χ1) is 26.3. The zero-order valence-corrected chi connectivity index (χ0v) is 31.2. The van der Waals surface area contributed by atoms with Gasteiger partial charge in [-0.15, -0.1) is 0 Å². The van der Waals surface area contributed by atoms with Gasteiger partial charge in [0, 0.05) is 26.7 Å². The number of nitrogens with zero attached hydrogens (tertiary/aromatic N) is 2. The summed E-state index contributed by atoms with van der Waals surface area (Å²) in [6.45, 7) is 0. The van der Waals surface area contributed by atoms with Crippen molar-refractivity contribution in [1.29, 1.82) is 0 Å². The fraction of sp³-hybridized carbons (Fsp3) is 0. The Kier molecular flexibility index (Phi) is 13.4. The van der Waals surface area contributed by atoms with E-state index < -0.39 is 7.12 Å². The molecule has 0 spiro atoms. The monoisotopic (exact) mass is 762 g/mol. The molecular formula is C46H34BCl3N2O2. The molecule has 0 radical (unpaired) electrons. The van der Waals surface area contributed by atoms with E-state index >= 15 is 0 Å². The van der Waals surface area contributed by atoms with Crippen LogP contribution in [0.4, 0.5) is 0 Å². The highest BCUT2D eigenvalue weighted by molar-refractivity contribution is 6.58. The number of pyridine rings is 2. The lowest BCUT2D eigenvalue weighted by Crippen LogP contribution is -2.29. The van der Waals surface area contributed by atoms with Crippen molar-refractivity contribution in [2.24, 2.45) is 0 Å². The Morgan fingerprint density at radius 3 is 1.07 bits per heavy atom. The summed E-state index contributed by atoms with van der Waals surface area (Å²) < 4.78 is 0. The van der Waals surface area contributed by atoms with Crippen LogP contribution in [0.3, 0.4) is 0 Å². The predicted octanol–water partition coefficient (Wildman–Crippen LogP) is 11.8. The highest BCUT2D eigenvalue weighted by atomic mass is 35.5. The van der Waals surface area contributed by atoms with E-state index in [1.54, 1.807) is 24.3 Å². The lowest BCUT2D eigenvalue weighted by atomic mass is 9.81. The van der Waals surface area contributed by atoms with Crippen molar-refractivity contribution in [3.63, 3.8) is 0 Å². The minimum atomic E-state index is -1.41. The molecule has 0 unspecified atom stereocenters. The van der Waals surface area contributed by atoms with Crippen molar-refractivity contribution in [2.75, 3.05) is 0 Å². The van der Waals surface area contributed by atoms with Crippen molar-refractivity contribution in [2.45, 2.75) is 0 Å². The third kappa shape index (κ3) is 10.8. The van der Waals surface area contributed by atoms with Crippen molar-refractivity contribution < 1.29 is 10.0 Å². The molecule has 0 atom stereocenters. The van der Waals surface area contributed by atoms with Crippen molar-refractivity contribution >= 4 is 47.4 Å². The summed E-state index contributed by atoms with van der Waals surface area (Å²) in [7, 11) is -1.41. The molecular weight excluding hydrogens is 730 g/mol. The summed E-state index contributed by atoms with van der Waals surface area (Å²) in [5.74, 6) is 0. The second-order valence-corrected chi connectivity index (χ2v) is 13.3. The second kappa shape index (κ2) is 19.0. The van der Waals surface area contributed by atoms with E-state index in [9.17, 15) is 0 Å². The highest BCUT2D eigenvalue weighted by Gasteiger charge is 2.10. The van der Waals surface area contributed by atoms with E-state index in [-0.39, 0.29) is 0 Å². The van der Waals surface area contributed by atoms with Crippen molar-refractivity contribution in [1.82, 2.24) is 9.97 Å². The minimum Gasteiger partial charge on any atom is -0.423 e. The van der Waals surface area contributed by atoms with Crippen LogP contribution < -0.4 is 5.46 Å². The lowest BCUT2D eigenvalue weighted by molar-refractivity contribution is 0.426. The van der Waals surface area contributed by atoms with E-state index in [2.05, 4.69) is 71.7 Å². The van der Waals surface area contributed by atoms with Crippen LogP contribution >= 0.6 is 34.8 Å². The highest BCUT2D eigenvalue weighted by Crippen LogP contribution is 2.31. The van der Waals surface area contributed by atoms with Gasteiger partial charge in [0.05, 0.1) is 17.1 Å². The fourth-order valence-corrected chi connectivity index (χ4v) is 6.00. The summed E-state index contributed by atoms with van der Waals surface area (Å²) in [5.41, 5.74) is 11.0. The van der Waals surface area contributed by atoms with Gasteiger partial charge in [0.1, 0.15) is 5.15 Å². The Bertz CT molecular complexity index is 2250. The average Bonchev–Trinajstić information content (AvgIpc) is 3.23. The maximum absolute atomic E-state index is 8.63. The maximum atomic E-state index is 8.63. The third-order valence-electron chi connectivity index (χ3n) is 8.28. The molecule has 6 aromatic carbocycles. The van der Waals surface area contributed by atoms with Crippen molar-refractivity contribution in [3.05, 3.63) is 209 Å². The number of hydrogen-bond donors (Lipinski definition) is 2. The smallest absolute Gasteiger partial charge is 0.423 e. The summed E-state index contributed by atoms with van der Waals surface area (Å²) in [5, 5.41) is 19.1. The number of aromatic nitrogens is 2. The van der Waals surface area contributed by atoms with E-state index in [1.807, 2.05) is 103 Å². The lowest BCUT2D eigenvalue weighted by Gasteiger charge is -2.10. The molecule has 0 amide bonds. The SMILES string of the molecule is Clc1cc(-c2ccccc2)cc(-c2ccccc2)n1.Clc1ccc(-c2cc(-c3ccccc3)cc(-c3ccccc3)n2)cc1.OB(O)c1ccc(Cl)cc1. The van der Waals surface area contributed by atoms with Crippen LogP contribution in [0.15, 0.2) is 194 Å². The summed E-state index contributed by atoms with van der Waals surface area (Å²) in [6, 6.07) is 63.3. The predicted molar refractivity (Wildman–Crippen MR) is 227 cm³/mol. The summed E-state index contributed by atoms with van der Waals surface area (Å²) in [6.07, 6.45) is 0. The van der Waals surface area contributed by atoms with Crippen LogP contribution in [0.1, 0.15) is 0 Å². The molecule has 0 saturated carbocycles. The van der Waals surface area contributed by atoms with Gasteiger partial charge in [0.15, 0.2) is 0 Å². The Morgan fingerprint density at radius 2 is 0.667 bits per heavy atom. The van der Waals surface area contributed by atoms with Gasteiger partial charge in [-0.25, -0.2) is 9.97 Å². The Morgan fingerprint density at radius 1 is 0.333 bits per heavy atom. The zero-order chi connectivity index (χ0) is 37.7. The van der Waals surface area contributed by atoms with Gasteiger partial charge < -0.3 is 10.0 Å². The Balaban J connectivity index is 0.000000151. The maximum Gasteiger partial charge on any atom is 0.488 e. The van der Waals surface area contributed by atoms with Gasteiger partial charge >= 0.3 is 7.12 Å². The second-order valence-electron chi connectivity index (χ2n) is 12.1. The Labute approximate surface area is 331 Å². The zero-order valence-electron chi connectivity index (χ0n) is 29.0. The molecule has 8 aromatic rings. The minimum absolute atomic E-state index is 0.449. The molecule has 0 bridgehead atoms. The first-order valence-electron chi connectivity index (χ1n) is 17.1. The van der Waals surface area contributed by atoms with Crippen LogP contribution in [0.2, 0.25) is 15.2 Å². The topological polar surface area (TPSA) is 66.2 Å². The molecule has 54 heavy (non-hydrogen) atoms. The van der Waals surface area contributed by atoms with Gasteiger partial charge in [-0.3, -0.25) is 0 Å². The van der Waals surface area contributed by atoms with Crippen LogP contribution in [0, 0.1) is 0 Å². The summed E-state index contributed by atoms with van der Waals surface area (Å²) >= 11 is 17.7. The molecule has 2 N–H and O–H groups in total. The largest absolute Gasteiger partial charge is 0.488 e. The van der Waals surface area contributed by atoms with E-state index in [1.165, 1.54) is 5.56 Å². The molecule has 0 saturated heterocycles. The molecule has 8 heteroatoms. The third-order valence-corrected chi connectivity index (χ3v) is 8.98. The number of rotatable bonds is 6. The molecule has 8 rings (SSSR count). The van der Waals surface area contributed by atoms with Crippen LogP contribution in [0.5, 0.6) is 0 Å². The first kappa shape index (κ1) is 38.2. The molecule has 264 valence electrons. The van der Waals surface area contributed by atoms with Gasteiger partial charge in [0.25, 0.3) is 0 Å². The number of hydrogen-bond acceptors (Lipinski definition) is 4. The first-order valence-corrected chi connectivity index (χ1v) is 18.2. The molecule has 0 fully saturated rings. The van der Waals surface area contributed by atoms with Gasteiger partial charge in [-0.05, 0) is 76.2 Å². The van der Waals surface area contributed by atoms with Gasteiger partial charge in [-0.1, -0.05) is 180 Å². The molecule has 0 aliphatic heterocycles. The van der Waals surface area contributed by atoms with E-state index in [4.69, 9.17) is 49.8 Å². The average molecular weight is 764 g/mol. The molecule has 2 aromatic heterocycles. The van der Waals surface area contributed by atoms with Gasteiger partial charge in [-0.2, -0.15) is 0 Å². The molecule has 2 heterocycles. The van der Waals surface area contributed by atoms with E-state index in [0.717, 1.165) is 55.5 Å². The van der Waals surface area contributed by atoms with Crippen LogP contribution in [-0.4, -0.2) is 27.1 Å². The molecule has 4 nitrogen and oxygen atoms in total.